The van der Waals surface area contributed by atoms with Crippen LogP contribution in [-0.4, -0.2) is 25.3 Å². The lowest BCUT2D eigenvalue weighted by Crippen LogP contribution is -2.38. The van der Waals surface area contributed by atoms with E-state index in [9.17, 15) is 9.18 Å². The summed E-state index contributed by atoms with van der Waals surface area (Å²) in [6, 6.07) is 27.6. The molecule has 0 spiro atoms. The number of amides is 2. The summed E-state index contributed by atoms with van der Waals surface area (Å²) < 4.78 is 18.5. The third-order valence-electron chi connectivity index (χ3n) is 6.86. The van der Waals surface area contributed by atoms with E-state index in [1.54, 1.807) is 23.1 Å². The third kappa shape index (κ3) is 3.98. The molecule has 1 aliphatic rings. The van der Waals surface area contributed by atoms with Crippen LogP contribution in [0.1, 0.15) is 34.1 Å². The van der Waals surface area contributed by atoms with Crippen molar-refractivity contribution in [2.24, 2.45) is 0 Å². The molecule has 6 nitrogen and oxygen atoms in total. The van der Waals surface area contributed by atoms with Crippen LogP contribution in [0, 0.1) is 19.7 Å². The summed E-state index contributed by atoms with van der Waals surface area (Å²) in [5, 5.41) is 7.67. The molecule has 0 unspecified atom stereocenters. The zero-order valence-electron chi connectivity index (χ0n) is 20.6. The zero-order valence-corrected chi connectivity index (χ0v) is 20.6. The number of anilines is 1. The maximum atomic E-state index is 14.5. The van der Waals surface area contributed by atoms with Crippen LogP contribution in [0.2, 0.25) is 0 Å². The summed E-state index contributed by atoms with van der Waals surface area (Å²) in [6.45, 7) is 4.30. The number of fused-ring (bicyclic) bond motifs is 3. The van der Waals surface area contributed by atoms with Crippen LogP contribution in [0.3, 0.4) is 0 Å². The Kier molecular flexibility index (Phi) is 5.60. The summed E-state index contributed by atoms with van der Waals surface area (Å²) in [5.41, 5.74) is 5.86. The second-order valence-electron chi connectivity index (χ2n) is 9.29. The molecule has 184 valence electrons. The molecule has 5 aromatic rings. The van der Waals surface area contributed by atoms with Crippen LogP contribution in [0.25, 0.3) is 11.5 Å². The number of benzene rings is 3. The fraction of sp³-hybridized carbons (Fsp3) is 0.133. The van der Waals surface area contributed by atoms with Gasteiger partial charge in [-0.1, -0.05) is 60.2 Å². The first-order valence-electron chi connectivity index (χ1n) is 12.2. The lowest BCUT2D eigenvalue weighted by molar-refractivity contribution is 0.194. The Balaban J connectivity index is 1.54. The van der Waals surface area contributed by atoms with Crippen molar-refractivity contribution in [2.75, 3.05) is 5.32 Å². The Hall–Kier alpha value is -4.65. The highest BCUT2D eigenvalue weighted by atomic mass is 19.1. The van der Waals surface area contributed by atoms with Crippen molar-refractivity contribution >= 4 is 11.7 Å². The van der Waals surface area contributed by atoms with Crippen LogP contribution >= 0.6 is 0 Å². The van der Waals surface area contributed by atoms with Gasteiger partial charge in [0.25, 0.3) is 0 Å². The SMILES string of the molecule is Cc1ccc([C@H]2c3cccn3-c3c(c(C)nn3-c3ccccc3)CN2C(=O)Nc2ccccc2F)cc1. The summed E-state index contributed by atoms with van der Waals surface area (Å²) >= 11 is 0. The fourth-order valence-electron chi connectivity index (χ4n) is 5.00. The molecule has 1 atom stereocenters. The number of para-hydroxylation sites is 2. The molecule has 0 fully saturated rings. The van der Waals surface area contributed by atoms with Crippen molar-refractivity contribution in [3.05, 3.63) is 131 Å². The molecule has 7 heteroatoms. The molecule has 0 saturated carbocycles. The van der Waals surface area contributed by atoms with Crippen LogP contribution < -0.4 is 5.32 Å². The number of urea groups is 1. The predicted molar refractivity (Wildman–Crippen MR) is 142 cm³/mol. The van der Waals surface area contributed by atoms with Crippen LogP contribution in [0.5, 0.6) is 0 Å². The number of nitrogens with zero attached hydrogens (tertiary/aromatic N) is 4. The van der Waals surface area contributed by atoms with Gasteiger partial charge in [-0.25, -0.2) is 13.9 Å². The summed E-state index contributed by atoms with van der Waals surface area (Å²) in [7, 11) is 0. The van der Waals surface area contributed by atoms with E-state index >= 15 is 0 Å². The van der Waals surface area contributed by atoms with Gasteiger partial charge >= 0.3 is 6.03 Å². The summed E-state index contributed by atoms with van der Waals surface area (Å²) in [5.74, 6) is 0.414. The van der Waals surface area contributed by atoms with Gasteiger partial charge in [0.2, 0.25) is 0 Å². The van der Waals surface area contributed by atoms with E-state index in [0.717, 1.165) is 39.6 Å². The highest BCUT2D eigenvalue weighted by molar-refractivity contribution is 5.90. The predicted octanol–water partition coefficient (Wildman–Crippen LogP) is 6.56. The molecule has 3 heterocycles. The van der Waals surface area contributed by atoms with E-state index in [1.807, 2.05) is 91.5 Å². The van der Waals surface area contributed by atoms with Gasteiger partial charge in [0.15, 0.2) is 0 Å². The Morgan fingerprint density at radius 2 is 1.65 bits per heavy atom. The number of aryl methyl sites for hydroxylation is 2. The molecule has 2 amide bonds. The number of halogens is 1. The quantitative estimate of drug-likeness (QED) is 0.311. The molecule has 1 aliphatic heterocycles. The van der Waals surface area contributed by atoms with Gasteiger partial charge < -0.3 is 14.8 Å². The number of carbonyl (C=O) groups excluding carboxylic acids is 1. The second kappa shape index (κ2) is 9.09. The Labute approximate surface area is 214 Å². The standard InChI is InChI=1S/C30H26FN5O/c1-20-14-16-22(17-15-20)28-27-13-8-18-34(27)29-24(21(2)33-36(29)23-9-4-3-5-10-23)19-35(28)30(37)32-26-12-7-6-11-25(26)31/h3-18,28H,19H2,1-2H3,(H,32,37)/t28-/m0/s1. The van der Waals surface area contributed by atoms with Gasteiger partial charge in [-0.2, -0.15) is 5.10 Å². The number of nitrogens with one attached hydrogen (secondary N) is 1. The minimum Gasteiger partial charge on any atom is -0.307 e. The molecule has 6 rings (SSSR count). The topological polar surface area (TPSA) is 55.1 Å². The largest absolute Gasteiger partial charge is 0.323 e. The molecule has 2 aromatic heterocycles. The number of hydrogen-bond acceptors (Lipinski definition) is 2. The average molecular weight is 492 g/mol. The van der Waals surface area contributed by atoms with Crippen molar-refractivity contribution in [2.45, 2.75) is 26.4 Å². The van der Waals surface area contributed by atoms with E-state index in [4.69, 9.17) is 5.10 Å². The normalized spacial score (nSPS) is 14.6. The van der Waals surface area contributed by atoms with Gasteiger partial charge in [-0.15, -0.1) is 0 Å². The molecule has 0 aliphatic carbocycles. The molecular formula is C30H26FN5O. The number of aromatic nitrogens is 3. The lowest BCUT2D eigenvalue weighted by atomic mass is 10.0. The van der Waals surface area contributed by atoms with E-state index in [1.165, 1.54) is 6.07 Å². The molecule has 0 radical (unpaired) electrons. The van der Waals surface area contributed by atoms with Gasteiger partial charge in [-0.3, -0.25) is 0 Å². The fourth-order valence-corrected chi connectivity index (χ4v) is 5.00. The zero-order chi connectivity index (χ0) is 25.5. The smallest absolute Gasteiger partial charge is 0.307 e. The average Bonchev–Trinajstić information content (AvgIpc) is 3.47. The Bertz CT molecular complexity index is 1590. The number of carbonyl (C=O) groups is 1. The van der Waals surface area contributed by atoms with Crippen molar-refractivity contribution in [1.29, 1.82) is 0 Å². The van der Waals surface area contributed by atoms with Gasteiger partial charge in [-0.05, 0) is 55.8 Å². The molecular weight excluding hydrogens is 465 g/mol. The van der Waals surface area contributed by atoms with Crippen molar-refractivity contribution in [3.8, 4) is 11.5 Å². The minimum atomic E-state index is -0.477. The highest BCUT2D eigenvalue weighted by Gasteiger charge is 2.36. The summed E-state index contributed by atoms with van der Waals surface area (Å²) in [6.07, 6.45) is 2.01. The monoisotopic (exact) mass is 491 g/mol. The third-order valence-corrected chi connectivity index (χ3v) is 6.86. The lowest BCUT2D eigenvalue weighted by Gasteiger charge is -2.31. The van der Waals surface area contributed by atoms with E-state index in [-0.39, 0.29) is 11.7 Å². The summed E-state index contributed by atoms with van der Waals surface area (Å²) in [4.78, 5) is 15.6. The first-order valence-corrected chi connectivity index (χ1v) is 12.2. The van der Waals surface area contributed by atoms with Gasteiger partial charge in [0.1, 0.15) is 11.6 Å². The second-order valence-corrected chi connectivity index (χ2v) is 9.29. The molecule has 0 saturated heterocycles. The molecule has 3 aromatic carbocycles. The van der Waals surface area contributed by atoms with Crippen molar-refractivity contribution in [1.82, 2.24) is 19.2 Å². The van der Waals surface area contributed by atoms with Crippen LogP contribution in [0.4, 0.5) is 14.9 Å². The number of rotatable bonds is 3. The highest BCUT2D eigenvalue weighted by Crippen LogP contribution is 2.38. The molecule has 1 N–H and O–H groups in total. The van der Waals surface area contributed by atoms with Gasteiger partial charge in [0.05, 0.1) is 35.3 Å². The Morgan fingerprint density at radius 3 is 2.41 bits per heavy atom. The van der Waals surface area contributed by atoms with E-state index < -0.39 is 11.9 Å². The maximum Gasteiger partial charge on any atom is 0.323 e. The van der Waals surface area contributed by atoms with Gasteiger partial charge in [0, 0.05) is 11.8 Å². The first kappa shape index (κ1) is 22.8. The van der Waals surface area contributed by atoms with E-state index in [2.05, 4.69) is 9.88 Å². The minimum absolute atomic E-state index is 0.145. The van der Waals surface area contributed by atoms with E-state index in [0.29, 0.717) is 6.54 Å². The molecule has 0 bridgehead atoms. The van der Waals surface area contributed by atoms with Crippen LogP contribution in [0.15, 0.2) is 97.2 Å². The molecule has 37 heavy (non-hydrogen) atoms. The Morgan fingerprint density at radius 1 is 0.919 bits per heavy atom. The van der Waals surface area contributed by atoms with Crippen molar-refractivity contribution < 1.29 is 9.18 Å². The van der Waals surface area contributed by atoms with Crippen molar-refractivity contribution in [3.63, 3.8) is 0 Å². The first-order chi connectivity index (χ1) is 18.0. The maximum absolute atomic E-state index is 14.5. The van der Waals surface area contributed by atoms with Crippen LogP contribution in [-0.2, 0) is 6.54 Å². The number of hydrogen-bond donors (Lipinski definition) is 1.